The molecule has 0 aliphatic rings. The molecule has 1 amide bonds. The summed E-state index contributed by atoms with van der Waals surface area (Å²) >= 11 is 0. The lowest BCUT2D eigenvalue weighted by Gasteiger charge is -2.12. The molecule has 2 rings (SSSR count). The van der Waals surface area contributed by atoms with E-state index < -0.39 is 0 Å². The number of aryl methyl sites for hydroxylation is 1. The molecule has 0 saturated heterocycles. The summed E-state index contributed by atoms with van der Waals surface area (Å²) in [4.78, 5) is 17.9. The second kappa shape index (κ2) is 5.51. The van der Waals surface area contributed by atoms with E-state index in [9.17, 15) is 4.79 Å². The highest BCUT2D eigenvalue weighted by Crippen LogP contribution is 2.09. The normalized spacial score (nSPS) is 10.3. The van der Waals surface area contributed by atoms with Crippen molar-refractivity contribution < 1.29 is 9.32 Å². The molecule has 2 heterocycles. The molecule has 6 nitrogen and oxygen atoms in total. The minimum Gasteiger partial charge on any atom is -0.363 e. The third-order valence-electron chi connectivity index (χ3n) is 2.58. The number of amides is 1. The van der Waals surface area contributed by atoms with Crippen LogP contribution in [0.15, 0.2) is 28.9 Å². The van der Waals surface area contributed by atoms with Crippen molar-refractivity contribution in [1.82, 2.24) is 15.5 Å². The van der Waals surface area contributed by atoms with Crippen molar-refractivity contribution >= 4 is 11.7 Å². The fourth-order valence-electron chi connectivity index (χ4n) is 1.56. The van der Waals surface area contributed by atoms with E-state index in [0.29, 0.717) is 18.0 Å². The Morgan fingerprint density at radius 3 is 2.84 bits per heavy atom. The van der Waals surface area contributed by atoms with E-state index >= 15 is 0 Å². The minimum atomic E-state index is -0.250. The summed E-state index contributed by atoms with van der Waals surface area (Å²) in [5.41, 5.74) is 1.27. The Hall–Kier alpha value is -2.37. The Morgan fingerprint density at radius 2 is 2.21 bits per heavy atom. The summed E-state index contributed by atoms with van der Waals surface area (Å²) in [6.07, 6.45) is 1.72. The first kappa shape index (κ1) is 13.1. The van der Waals surface area contributed by atoms with Crippen LogP contribution < -0.4 is 10.2 Å². The summed E-state index contributed by atoms with van der Waals surface area (Å²) in [5.74, 6) is 1.22. The number of carbonyl (C=O) groups excluding carboxylic acids is 1. The van der Waals surface area contributed by atoms with Gasteiger partial charge in [-0.25, -0.2) is 4.98 Å². The molecule has 0 aliphatic carbocycles. The maximum Gasteiger partial charge on any atom is 0.273 e. The van der Waals surface area contributed by atoms with Gasteiger partial charge in [0.2, 0.25) is 0 Å². The fraction of sp³-hybridized carbons (Fsp3) is 0.308. The number of carbonyl (C=O) groups is 1. The summed E-state index contributed by atoms with van der Waals surface area (Å²) in [7, 11) is 3.84. The number of rotatable bonds is 4. The van der Waals surface area contributed by atoms with Gasteiger partial charge in [-0.2, -0.15) is 0 Å². The third-order valence-corrected chi connectivity index (χ3v) is 2.58. The van der Waals surface area contributed by atoms with Crippen LogP contribution in [0.1, 0.15) is 21.8 Å². The molecular formula is C13H16N4O2. The van der Waals surface area contributed by atoms with Crippen LogP contribution in [0.4, 0.5) is 5.82 Å². The molecule has 0 unspecified atom stereocenters. The van der Waals surface area contributed by atoms with Gasteiger partial charge in [0.25, 0.3) is 5.91 Å². The molecule has 0 aliphatic heterocycles. The van der Waals surface area contributed by atoms with Gasteiger partial charge < -0.3 is 14.7 Å². The molecule has 0 bridgehead atoms. The van der Waals surface area contributed by atoms with Crippen molar-refractivity contribution in [3.63, 3.8) is 0 Å². The van der Waals surface area contributed by atoms with E-state index in [4.69, 9.17) is 4.52 Å². The minimum absolute atomic E-state index is 0.250. The van der Waals surface area contributed by atoms with E-state index in [1.807, 2.05) is 31.1 Å². The number of aromatic nitrogens is 2. The van der Waals surface area contributed by atoms with Crippen LogP contribution in [0.2, 0.25) is 0 Å². The van der Waals surface area contributed by atoms with Gasteiger partial charge in [0.1, 0.15) is 11.6 Å². The second-order valence-corrected chi connectivity index (χ2v) is 4.42. The summed E-state index contributed by atoms with van der Waals surface area (Å²) in [6.45, 7) is 2.17. The average Bonchev–Trinajstić information content (AvgIpc) is 2.83. The zero-order valence-corrected chi connectivity index (χ0v) is 11.2. The molecular weight excluding hydrogens is 244 g/mol. The SMILES string of the molecule is Cc1cc(C(=O)NCc2ccnc(N(C)C)c2)no1. The zero-order valence-electron chi connectivity index (χ0n) is 11.2. The van der Waals surface area contributed by atoms with Crippen molar-refractivity contribution in [3.8, 4) is 0 Å². The Kier molecular flexibility index (Phi) is 3.79. The Bertz CT molecular complexity index is 578. The second-order valence-electron chi connectivity index (χ2n) is 4.42. The van der Waals surface area contributed by atoms with Gasteiger partial charge in [-0.05, 0) is 24.6 Å². The van der Waals surface area contributed by atoms with Gasteiger partial charge >= 0.3 is 0 Å². The molecule has 0 saturated carbocycles. The Morgan fingerprint density at radius 1 is 1.42 bits per heavy atom. The third kappa shape index (κ3) is 3.31. The monoisotopic (exact) mass is 260 g/mol. The average molecular weight is 260 g/mol. The van der Waals surface area contributed by atoms with Crippen molar-refractivity contribution in [3.05, 3.63) is 41.4 Å². The van der Waals surface area contributed by atoms with Crippen molar-refractivity contribution in [1.29, 1.82) is 0 Å². The van der Waals surface area contributed by atoms with E-state index in [-0.39, 0.29) is 5.91 Å². The van der Waals surface area contributed by atoms with Crippen LogP contribution >= 0.6 is 0 Å². The summed E-state index contributed by atoms with van der Waals surface area (Å²) in [6, 6.07) is 5.39. The molecule has 0 radical (unpaired) electrons. The van der Waals surface area contributed by atoms with E-state index in [1.54, 1.807) is 19.2 Å². The first-order valence-corrected chi connectivity index (χ1v) is 5.90. The van der Waals surface area contributed by atoms with E-state index in [2.05, 4.69) is 15.5 Å². The van der Waals surface area contributed by atoms with E-state index in [1.165, 1.54) is 0 Å². The number of nitrogens with one attached hydrogen (secondary N) is 1. The largest absolute Gasteiger partial charge is 0.363 e. The Balaban J connectivity index is 1.99. The molecule has 0 spiro atoms. The summed E-state index contributed by atoms with van der Waals surface area (Å²) in [5, 5.41) is 6.45. The van der Waals surface area contributed by atoms with Crippen molar-refractivity contribution in [2.45, 2.75) is 13.5 Å². The highest BCUT2D eigenvalue weighted by Gasteiger charge is 2.10. The van der Waals surface area contributed by atoms with E-state index in [0.717, 1.165) is 11.4 Å². The molecule has 100 valence electrons. The van der Waals surface area contributed by atoms with Crippen molar-refractivity contribution in [2.75, 3.05) is 19.0 Å². The topological polar surface area (TPSA) is 71.3 Å². The quantitative estimate of drug-likeness (QED) is 0.899. The van der Waals surface area contributed by atoms with Crippen LogP contribution in [0, 0.1) is 6.92 Å². The predicted octanol–water partition coefficient (Wildman–Crippen LogP) is 1.37. The van der Waals surface area contributed by atoms with Gasteiger partial charge in [0, 0.05) is 32.9 Å². The molecule has 1 N–H and O–H groups in total. The predicted molar refractivity (Wildman–Crippen MR) is 71.0 cm³/mol. The summed E-state index contributed by atoms with van der Waals surface area (Å²) < 4.78 is 4.86. The number of pyridine rings is 1. The molecule has 0 fully saturated rings. The van der Waals surface area contributed by atoms with Crippen LogP contribution in [0.3, 0.4) is 0 Å². The van der Waals surface area contributed by atoms with Crippen molar-refractivity contribution in [2.24, 2.45) is 0 Å². The molecule has 0 aromatic carbocycles. The van der Waals surface area contributed by atoms with Crippen LogP contribution in [-0.4, -0.2) is 30.1 Å². The molecule has 19 heavy (non-hydrogen) atoms. The van der Waals surface area contributed by atoms with Gasteiger partial charge in [-0.15, -0.1) is 0 Å². The maximum atomic E-state index is 11.8. The first-order valence-electron chi connectivity index (χ1n) is 5.90. The molecule has 6 heteroatoms. The van der Waals surface area contributed by atoms with Crippen LogP contribution in [0.25, 0.3) is 0 Å². The van der Waals surface area contributed by atoms with Crippen LogP contribution in [0.5, 0.6) is 0 Å². The lowest BCUT2D eigenvalue weighted by Crippen LogP contribution is -2.23. The highest BCUT2D eigenvalue weighted by atomic mass is 16.5. The zero-order chi connectivity index (χ0) is 13.8. The number of nitrogens with zero attached hydrogens (tertiary/aromatic N) is 3. The maximum absolute atomic E-state index is 11.8. The number of hydrogen-bond donors (Lipinski definition) is 1. The first-order chi connectivity index (χ1) is 9.06. The van der Waals surface area contributed by atoms with Crippen LogP contribution in [-0.2, 0) is 6.54 Å². The fourth-order valence-corrected chi connectivity index (χ4v) is 1.56. The number of hydrogen-bond acceptors (Lipinski definition) is 5. The standard InChI is InChI=1S/C13H16N4O2/c1-9-6-11(16-19-9)13(18)15-8-10-4-5-14-12(7-10)17(2)3/h4-7H,8H2,1-3H3,(H,15,18). The molecule has 2 aromatic heterocycles. The molecule has 2 aromatic rings. The lowest BCUT2D eigenvalue weighted by molar-refractivity contribution is 0.0942. The number of anilines is 1. The molecule has 0 atom stereocenters. The highest BCUT2D eigenvalue weighted by molar-refractivity contribution is 5.92. The smallest absolute Gasteiger partial charge is 0.273 e. The lowest BCUT2D eigenvalue weighted by atomic mass is 10.2. The van der Waals surface area contributed by atoms with Gasteiger partial charge in [0.05, 0.1) is 0 Å². The van der Waals surface area contributed by atoms with Gasteiger partial charge in [-0.1, -0.05) is 5.16 Å². The Labute approximate surface area is 111 Å². The van der Waals surface area contributed by atoms with Gasteiger partial charge in [-0.3, -0.25) is 4.79 Å². The van der Waals surface area contributed by atoms with Gasteiger partial charge in [0.15, 0.2) is 5.69 Å².